The molecule has 0 aliphatic rings. The Labute approximate surface area is 139 Å². The molecule has 0 radical (unpaired) electrons. The minimum Gasteiger partial charge on any atom is -0.399 e. The Bertz CT molecular complexity index is 581. The lowest BCUT2D eigenvalue weighted by Crippen LogP contribution is -2.66. The Kier molecular flexibility index (Phi) is 5.27. The van der Waals surface area contributed by atoms with Gasteiger partial charge in [0.05, 0.1) is 0 Å². The zero-order valence-electron chi connectivity index (χ0n) is 13.2. The summed E-state index contributed by atoms with van der Waals surface area (Å²) in [6.45, 7) is 6.57. The third-order valence-electron chi connectivity index (χ3n) is 3.83. The molecular formula is C18H22O2SSi. The lowest BCUT2D eigenvalue weighted by Gasteiger charge is -2.42. The molecule has 2 rings (SSSR count). The van der Waals surface area contributed by atoms with Crippen molar-refractivity contribution < 1.29 is 9.22 Å². The van der Waals surface area contributed by atoms with Crippen molar-refractivity contribution in [2.24, 2.45) is 0 Å². The molecular weight excluding hydrogens is 308 g/mol. The summed E-state index contributed by atoms with van der Waals surface area (Å²) < 4.78 is 6.34. The standard InChI is InChI=1S/C18H22O2SSi/c1-18(2,3)22(20-14-17(19)21,15-10-6-4-7-11-15)16-12-8-5-9-13-16/h4-13H,14H2,1-3H3,(H,19,21). The van der Waals surface area contributed by atoms with Crippen LogP contribution in [0.25, 0.3) is 0 Å². The summed E-state index contributed by atoms with van der Waals surface area (Å²) in [5.74, 6) is 0. The van der Waals surface area contributed by atoms with Crippen molar-refractivity contribution in [2.75, 3.05) is 6.61 Å². The van der Waals surface area contributed by atoms with Crippen molar-refractivity contribution >= 4 is 36.4 Å². The maximum absolute atomic E-state index is 11.4. The Hall–Kier alpha value is -1.36. The van der Waals surface area contributed by atoms with Crippen LogP contribution in [-0.2, 0) is 9.22 Å². The van der Waals surface area contributed by atoms with Crippen molar-refractivity contribution in [3.63, 3.8) is 0 Å². The van der Waals surface area contributed by atoms with Crippen LogP contribution in [0.3, 0.4) is 0 Å². The zero-order chi connectivity index (χ0) is 16.2. The van der Waals surface area contributed by atoms with Gasteiger partial charge in [-0.2, -0.15) is 0 Å². The molecule has 2 nitrogen and oxygen atoms in total. The summed E-state index contributed by atoms with van der Waals surface area (Å²) in [5, 5.41) is 1.98. The maximum atomic E-state index is 11.4. The molecule has 0 amide bonds. The second kappa shape index (κ2) is 6.81. The average Bonchev–Trinajstić information content (AvgIpc) is 2.48. The van der Waals surface area contributed by atoms with Crippen molar-refractivity contribution in [2.45, 2.75) is 25.8 Å². The third-order valence-corrected chi connectivity index (χ3v) is 8.94. The first kappa shape index (κ1) is 17.0. The summed E-state index contributed by atoms with van der Waals surface area (Å²) in [6.07, 6.45) is 0. The number of rotatable bonds is 5. The number of carbonyl (C=O) groups excluding carboxylic acids is 1. The van der Waals surface area contributed by atoms with E-state index in [2.05, 4.69) is 57.7 Å². The number of carbonyl (C=O) groups is 1. The van der Waals surface area contributed by atoms with Crippen LogP contribution in [0.4, 0.5) is 0 Å². The first-order valence-corrected chi connectivity index (χ1v) is 9.70. The van der Waals surface area contributed by atoms with Crippen LogP contribution in [0, 0.1) is 0 Å². The molecule has 116 valence electrons. The van der Waals surface area contributed by atoms with Crippen LogP contribution in [0.5, 0.6) is 0 Å². The van der Waals surface area contributed by atoms with E-state index in [1.807, 2.05) is 36.4 Å². The first-order valence-electron chi connectivity index (χ1n) is 7.35. The maximum Gasteiger partial charge on any atom is 0.261 e. The Morgan fingerprint density at radius 1 is 0.955 bits per heavy atom. The van der Waals surface area contributed by atoms with Crippen LogP contribution >= 0.6 is 12.6 Å². The van der Waals surface area contributed by atoms with Gasteiger partial charge in [0.1, 0.15) is 6.61 Å². The van der Waals surface area contributed by atoms with Gasteiger partial charge in [0.25, 0.3) is 8.32 Å². The molecule has 0 atom stereocenters. The minimum atomic E-state index is -2.58. The summed E-state index contributed by atoms with van der Waals surface area (Å²) in [6, 6.07) is 20.5. The largest absolute Gasteiger partial charge is 0.399 e. The van der Waals surface area contributed by atoms with Crippen LogP contribution < -0.4 is 10.4 Å². The van der Waals surface area contributed by atoms with Crippen molar-refractivity contribution in [3.8, 4) is 0 Å². The van der Waals surface area contributed by atoms with Crippen LogP contribution in [0.1, 0.15) is 20.8 Å². The normalized spacial score (nSPS) is 12.2. The van der Waals surface area contributed by atoms with Gasteiger partial charge in [-0.15, -0.1) is 12.6 Å². The van der Waals surface area contributed by atoms with E-state index in [0.29, 0.717) is 0 Å². The van der Waals surface area contributed by atoms with E-state index in [-0.39, 0.29) is 16.8 Å². The molecule has 0 aliphatic heterocycles. The predicted octanol–water partition coefficient (Wildman–Crippen LogP) is 3.02. The van der Waals surface area contributed by atoms with E-state index in [9.17, 15) is 4.79 Å². The molecule has 0 fully saturated rings. The van der Waals surface area contributed by atoms with E-state index >= 15 is 0 Å². The average molecular weight is 331 g/mol. The highest BCUT2D eigenvalue weighted by Crippen LogP contribution is 2.36. The molecule has 0 heterocycles. The molecule has 4 heteroatoms. The molecule has 0 saturated heterocycles. The fourth-order valence-corrected chi connectivity index (χ4v) is 7.62. The molecule has 2 aromatic rings. The van der Waals surface area contributed by atoms with Gasteiger partial charge in [-0.25, -0.2) is 0 Å². The molecule has 0 spiro atoms. The fourth-order valence-electron chi connectivity index (χ4n) is 2.93. The molecule has 2 aromatic carbocycles. The Balaban J connectivity index is 2.67. The molecule has 0 N–H and O–H groups in total. The van der Waals surface area contributed by atoms with Gasteiger partial charge in [0.15, 0.2) is 0 Å². The van der Waals surface area contributed by atoms with Crippen molar-refractivity contribution in [1.82, 2.24) is 0 Å². The third kappa shape index (κ3) is 3.34. The molecule has 0 unspecified atom stereocenters. The highest BCUT2D eigenvalue weighted by molar-refractivity contribution is 7.96. The number of benzene rings is 2. The lowest BCUT2D eigenvalue weighted by atomic mass is 10.2. The van der Waals surface area contributed by atoms with Gasteiger partial charge >= 0.3 is 0 Å². The highest BCUT2D eigenvalue weighted by atomic mass is 32.1. The van der Waals surface area contributed by atoms with Crippen molar-refractivity contribution in [1.29, 1.82) is 0 Å². The van der Waals surface area contributed by atoms with E-state index in [1.54, 1.807) is 0 Å². The minimum absolute atomic E-state index is 0.0242. The molecule has 22 heavy (non-hydrogen) atoms. The van der Waals surface area contributed by atoms with Gasteiger partial charge in [-0.05, 0) is 15.4 Å². The van der Waals surface area contributed by atoms with Gasteiger partial charge in [0, 0.05) is 0 Å². The van der Waals surface area contributed by atoms with Gasteiger partial charge in [0.2, 0.25) is 5.12 Å². The lowest BCUT2D eigenvalue weighted by molar-refractivity contribution is -0.112. The fraction of sp³-hybridized carbons (Fsp3) is 0.278. The van der Waals surface area contributed by atoms with Crippen LogP contribution in [0.15, 0.2) is 60.7 Å². The van der Waals surface area contributed by atoms with E-state index in [1.165, 1.54) is 10.4 Å². The van der Waals surface area contributed by atoms with Crippen molar-refractivity contribution in [3.05, 3.63) is 60.7 Å². The van der Waals surface area contributed by atoms with E-state index in [4.69, 9.17) is 4.43 Å². The predicted molar refractivity (Wildman–Crippen MR) is 97.6 cm³/mol. The van der Waals surface area contributed by atoms with Gasteiger partial charge < -0.3 is 4.43 Å². The van der Waals surface area contributed by atoms with Gasteiger partial charge in [-0.3, -0.25) is 4.79 Å². The second-order valence-electron chi connectivity index (χ2n) is 6.35. The van der Waals surface area contributed by atoms with E-state index < -0.39 is 8.32 Å². The Morgan fingerprint density at radius 2 is 1.36 bits per heavy atom. The SMILES string of the molecule is CC(C)(C)[Si](OCC(=O)S)(c1ccccc1)c1ccccc1. The number of hydrogen-bond donors (Lipinski definition) is 1. The Morgan fingerprint density at radius 3 is 1.68 bits per heavy atom. The summed E-state index contributed by atoms with van der Waals surface area (Å²) in [7, 11) is -2.58. The smallest absolute Gasteiger partial charge is 0.261 e. The quantitative estimate of drug-likeness (QED) is 0.674. The zero-order valence-corrected chi connectivity index (χ0v) is 15.1. The van der Waals surface area contributed by atoms with Crippen LogP contribution in [-0.4, -0.2) is 20.0 Å². The first-order chi connectivity index (χ1) is 10.4. The second-order valence-corrected chi connectivity index (χ2v) is 11.2. The van der Waals surface area contributed by atoms with Crippen LogP contribution in [0.2, 0.25) is 5.04 Å². The molecule has 0 aliphatic carbocycles. The number of thiol groups is 1. The van der Waals surface area contributed by atoms with Gasteiger partial charge in [-0.1, -0.05) is 81.4 Å². The summed E-state index contributed by atoms with van der Waals surface area (Å²) in [4.78, 5) is 11.4. The number of hydrogen-bond acceptors (Lipinski definition) is 2. The molecule has 0 saturated carbocycles. The summed E-state index contributed by atoms with van der Waals surface area (Å²) >= 11 is 3.89. The summed E-state index contributed by atoms with van der Waals surface area (Å²) in [5.41, 5.74) is 0. The molecule has 0 aromatic heterocycles. The monoisotopic (exact) mass is 330 g/mol. The van der Waals surface area contributed by atoms with E-state index in [0.717, 1.165) is 0 Å². The topological polar surface area (TPSA) is 26.3 Å². The molecule has 0 bridgehead atoms. The highest BCUT2D eigenvalue weighted by Gasteiger charge is 2.50.